The van der Waals surface area contributed by atoms with Crippen LogP contribution in [-0.2, 0) is 14.4 Å². The summed E-state index contributed by atoms with van der Waals surface area (Å²) in [6.45, 7) is 4.60. The summed E-state index contributed by atoms with van der Waals surface area (Å²) in [6.07, 6.45) is 7.86. The second-order valence-electron chi connectivity index (χ2n) is 8.67. The van der Waals surface area contributed by atoms with Crippen molar-refractivity contribution in [3.05, 3.63) is 0 Å². The molecule has 8 nitrogen and oxygen atoms in total. The van der Waals surface area contributed by atoms with Gasteiger partial charge >= 0.3 is 5.97 Å². The van der Waals surface area contributed by atoms with E-state index in [1.165, 1.54) is 0 Å². The predicted molar refractivity (Wildman–Crippen MR) is 130 cm³/mol. The molecule has 0 aromatic heterocycles. The number of hydrogen-bond acceptors (Lipinski definition) is 6. The molecule has 0 heterocycles. The fraction of sp³-hybridized carbons (Fsp3) is 0.875. The number of carboxylic acid groups (broad SMARTS) is 1. The molecule has 0 radical (unpaired) electrons. The maximum Gasteiger partial charge on any atom is 0.306 e. The van der Waals surface area contributed by atoms with Crippen molar-refractivity contribution < 1.29 is 19.5 Å². The van der Waals surface area contributed by atoms with Crippen LogP contribution in [0.4, 0.5) is 0 Å². The van der Waals surface area contributed by atoms with E-state index in [4.69, 9.17) is 0 Å². The van der Waals surface area contributed by atoms with Crippen LogP contribution in [0.1, 0.15) is 77.6 Å². The van der Waals surface area contributed by atoms with Crippen LogP contribution in [0.15, 0.2) is 0 Å². The highest BCUT2D eigenvalue weighted by atomic mass is 16.4. The van der Waals surface area contributed by atoms with Gasteiger partial charge in [-0.3, -0.25) is 14.4 Å². The zero-order valence-electron chi connectivity index (χ0n) is 20.8. The van der Waals surface area contributed by atoms with Gasteiger partial charge in [-0.1, -0.05) is 19.8 Å². The fourth-order valence-corrected chi connectivity index (χ4v) is 3.86. The molecule has 5 N–H and O–H groups in total. The van der Waals surface area contributed by atoms with Crippen LogP contribution in [0.5, 0.6) is 0 Å². The van der Waals surface area contributed by atoms with E-state index >= 15 is 0 Å². The van der Waals surface area contributed by atoms with Gasteiger partial charge in [0, 0.05) is 12.3 Å². The van der Waals surface area contributed by atoms with Gasteiger partial charge in [0.05, 0.1) is 12.0 Å². The zero-order valence-corrected chi connectivity index (χ0v) is 20.8. The summed E-state index contributed by atoms with van der Waals surface area (Å²) in [5, 5.41) is 21.8. The van der Waals surface area contributed by atoms with E-state index in [1.807, 2.05) is 28.1 Å². The Morgan fingerprint density at radius 2 is 1.19 bits per heavy atom. The Hall–Kier alpha value is -1.51. The first-order chi connectivity index (χ1) is 15.4. The summed E-state index contributed by atoms with van der Waals surface area (Å²) >= 11 is 0. The van der Waals surface area contributed by atoms with Crippen molar-refractivity contribution in [1.82, 2.24) is 21.3 Å². The van der Waals surface area contributed by atoms with Crippen molar-refractivity contribution in [3.8, 4) is 0 Å². The molecule has 3 unspecified atom stereocenters. The number of ketones is 1. The number of carbonyl (C=O) groups excluding carboxylic acids is 2. The molecule has 0 aliphatic carbocycles. The molecular formula is C24H48N4O4. The van der Waals surface area contributed by atoms with E-state index in [0.717, 1.165) is 71.0 Å². The normalized spacial score (nSPS) is 14.0. The van der Waals surface area contributed by atoms with Crippen LogP contribution in [0.3, 0.4) is 0 Å². The second-order valence-corrected chi connectivity index (χ2v) is 8.67. The molecule has 188 valence electrons. The van der Waals surface area contributed by atoms with Gasteiger partial charge < -0.3 is 26.4 Å². The van der Waals surface area contributed by atoms with Gasteiger partial charge in [0.15, 0.2) is 5.78 Å². The Balaban J connectivity index is 5.00. The number of carboxylic acids is 1. The topological polar surface area (TPSA) is 120 Å². The molecule has 1 amide bonds. The van der Waals surface area contributed by atoms with Crippen LogP contribution < -0.4 is 21.3 Å². The van der Waals surface area contributed by atoms with Crippen molar-refractivity contribution in [1.29, 1.82) is 0 Å². The minimum absolute atomic E-state index is 0.0230. The van der Waals surface area contributed by atoms with Gasteiger partial charge in [0.2, 0.25) is 5.91 Å². The minimum Gasteiger partial charge on any atom is -0.481 e. The first-order valence-corrected chi connectivity index (χ1v) is 12.4. The Morgan fingerprint density at radius 1 is 0.719 bits per heavy atom. The third-order valence-electron chi connectivity index (χ3n) is 5.99. The lowest BCUT2D eigenvalue weighted by atomic mass is 9.91. The molecule has 8 heteroatoms. The average molecular weight is 457 g/mol. The zero-order chi connectivity index (χ0) is 24.2. The van der Waals surface area contributed by atoms with E-state index in [2.05, 4.69) is 21.3 Å². The van der Waals surface area contributed by atoms with Crippen molar-refractivity contribution in [2.75, 3.05) is 40.8 Å². The second kappa shape index (κ2) is 20.1. The monoisotopic (exact) mass is 456 g/mol. The molecule has 0 aromatic rings. The maximum absolute atomic E-state index is 13.0. The maximum atomic E-state index is 13.0. The molecule has 0 aliphatic heterocycles. The van der Waals surface area contributed by atoms with Gasteiger partial charge in [-0.25, -0.2) is 0 Å². The van der Waals surface area contributed by atoms with Gasteiger partial charge in [-0.2, -0.15) is 0 Å². The fourth-order valence-electron chi connectivity index (χ4n) is 3.86. The highest BCUT2D eigenvalue weighted by molar-refractivity contribution is 5.91. The SMILES string of the molecule is CCC(CCCCNC)C(=O)NC(CCCCNC)C(=O)CC(CCCCNC)C(=O)O. The Morgan fingerprint density at radius 3 is 1.62 bits per heavy atom. The third kappa shape index (κ3) is 14.5. The van der Waals surface area contributed by atoms with E-state index < -0.39 is 17.9 Å². The van der Waals surface area contributed by atoms with E-state index in [1.54, 1.807) is 0 Å². The van der Waals surface area contributed by atoms with E-state index in [-0.39, 0.29) is 24.0 Å². The molecular weight excluding hydrogens is 408 g/mol. The number of Topliss-reactive ketones (excluding diaryl/α,β-unsaturated/α-hetero) is 1. The van der Waals surface area contributed by atoms with Crippen LogP contribution >= 0.6 is 0 Å². The van der Waals surface area contributed by atoms with Gasteiger partial charge in [0.25, 0.3) is 0 Å². The van der Waals surface area contributed by atoms with Crippen molar-refractivity contribution >= 4 is 17.7 Å². The van der Waals surface area contributed by atoms with Gasteiger partial charge in [-0.05, 0) is 92.1 Å². The smallest absolute Gasteiger partial charge is 0.306 e. The Kier molecular flexibility index (Phi) is 19.2. The highest BCUT2D eigenvalue weighted by Crippen LogP contribution is 2.18. The summed E-state index contributed by atoms with van der Waals surface area (Å²) in [5.41, 5.74) is 0. The highest BCUT2D eigenvalue weighted by Gasteiger charge is 2.28. The third-order valence-corrected chi connectivity index (χ3v) is 5.99. The molecule has 3 atom stereocenters. The van der Waals surface area contributed by atoms with Crippen LogP contribution in [-0.4, -0.2) is 69.6 Å². The molecule has 0 bridgehead atoms. The molecule has 32 heavy (non-hydrogen) atoms. The number of unbranched alkanes of at least 4 members (excludes halogenated alkanes) is 3. The summed E-state index contributed by atoms with van der Waals surface area (Å²) < 4.78 is 0. The lowest BCUT2D eigenvalue weighted by Crippen LogP contribution is -2.44. The Labute approximate surface area is 195 Å². The first-order valence-electron chi connectivity index (χ1n) is 12.4. The minimum atomic E-state index is -0.931. The molecule has 0 aromatic carbocycles. The van der Waals surface area contributed by atoms with Crippen LogP contribution in [0, 0.1) is 11.8 Å². The largest absolute Gasteiger partial charge is 0.481 e. The Bertz CT molecular complexity index is 516. The molecule has 0 fully saturated rings. The van der Waals surface area contributed by atoms with E-state index in [9.17, 15) is 19.5 Å². The number of carbonyl (C=O) groups is 3. The summed E-state index contributed by atoms with van der Waals surface area (Å²) in [6, 6.07) is -0.607. The molecule has 0 aliphatic rings. The predicted octanol–water partition coefficient (Wildman–Crippen LogP) is 2.33. The van der Waals surface area contributed by atoms with Crippen LogP contribution in [0.25, 0.3) is 0 Å². The van der Waals surface area contributed by atoms with Crippen molar-refractivity contribution in [3.63, 3.8) is 0 Å². The lowest BCUT2D eigenvalue weighted by molar-refractivity contribution is -0.144. The summed E-state index contributed by atoms with van der Waals surface area (Å²) in [5.74, 6) is -1.98. The molecule has 0 saturated heterocycles. The average Bonchev–Trinajstić information content (AvgIpc) is 2.77. The lowest BCUT2D eigenvalue weighted by Gasteiger charge is -2.23. The van der Waals surface area contributed by atoms with Gasteiger partial charge in [0.1, 0.15) is 0 Å². The summed E-state index contributed by atoms with van der Waals surface area (Å²) in [4.78, 5) is 37.6. The van der Waals surface area contributed by atoms with Crippen LogP contribution in [0.2, 0.25) is 0 Å². The quantitative estimate of drug-likeness (QED) is 0.159. The standard InChI is InChI=1S/C24H48N4O4/c1-5-19(12-6-9-15-25-2)23(30)28-21(14-8-11-17-27-4)22(29)18-20(24(31)32)13-7-10-16-26-3/h19-21,25-27H,5-18H2,1-4H3,(H,28,30)(H,31,32). The van der Waals surface area contributed by atoms with E-state index in [0.29, 0.717) is 12.8 Å². The molecule has 0 spiro atoms. The number of amides is 1. The van der Waals surface area contributed by atoms with Crippen molar-refractivity contribution in [2.24, 2.45) is 11.8 Å². The molecule has 0 saturated carbocycles. The first kappa shape index (κ1) is 30.5. The number of hydrogen-bond donors (Lipinski definition) is 5. The van der Waals surface area contributed by atoms with Gasteiger partial charge in [-0.15, -0.1) is 0 Å². The number of rotatable bonds is 22. The molecule has 0 rings (SSSR count). The summed E-state index contributed by atoms with van der Waals surface area (Å²) in [7, 11) is 5.67. The van der Waals surface area contributed by atoms with Crippen molar-refractivity contribution in [2.45, 2.75) is 83.6 Å². The number of nitrogens with one attached hydrogen (secondary N) is 4. The number of aliphatic carboxylic acids is 1.